The van der Waals surface area contributed by atoms with Crippen molar-refractivity contribution in [3.63, 3.8) is 0 Å². The standard InChI is InChI=1S/C18H12S/c1-3-5-13-7-9-15-16-10-8-14(6-4-2)12-18(16)19-17(15)11-13/h7-12H,1-2H3. The summed E-state index contributed by atoms with van der Waals surface area (Å²) in [4.78, 5) is 0. The predicted octanol–water partition coefficient (Wildman–Crippen LogP) is 4.80. The molecule has 0 saturated heterocycles. The zero-order valence-corrected chi connectivity index (χ0v) is 11.7. The Kier molecular flexibility index (Phi) is 3.00. The molecule has 0 aliphatic carbocycles. The molecule has 0 atom stereocenters. The Morgan fingerprint density at radius 3 is 1.63 bits per heavy atom. The highest BCUT2D eigenvalue weighted by molar-refractivity contribution is 7.25. The topological polar surface area (TPSA) is 0 Å². The van der Waals surface area contributed by atoms with E-state index in [9.17, 15) is 0 Å². The minimum atomic E-state index is 1.08. The van der Waals surface area contributed by atoms with Gasteiger partial charge in [0.05, 0.1) is 0 Å². The zero-order chi connectivity index (χ0) is 13.2. The Bertz CT molecular complexity index is 815. The molecule has 0 amide bonds. The number of thiophene rings is 1. The first-order chi connectivity index (χ1) is 9.31. The van der Waals surface area contributed by atoms with Gasteiger partial charge in [0.2, 0.25) is 0 Å². The molecule has 3 rings (SSSR count). The van der Waals surface area contributed by atoms with Gasteiger partial charge in [-0.25, -0.2) is 0 Å². The predicted molar refractivity (Wildman–Crippen MR) is 84.4 cm³/mol. The van der Waals surface area contributed by atoms with E-state index in [1.165, 1.54) is 20.2 Å². The van der Waals surface area contributed by atoms with E-state index in [4.69, 9.17) is 0 Å². The molecule has 2 aromatic carbocycles. The van der Waals surface area contributed by atoms with Crippen LogP contribution in [0.25, 0.3) is 20.2 Å². The van der Waals surface area contributed by atoms with Crippen LogP contribution in [0, 0.1) is 23.7 Å². The minimum Gasteiger partial charge on any atom is -0.135 e. The third-order valence-electron chi connectivity index (χ3n) is 3.01. The van der Waals surface area contributed by atoms with Crippen LogP contribution in [0.3, 0.4) is 0 Å². The van der Waals surface area contributed by atoms with Crippen LogP contribution < -0.4 is 0 Å². The average Bonchev–Trinajstić information content (AvgIpc) is 2.76. The van der Waals surface area contributed by atoms with Crippen LogP contribution in [-0.4, -0.2) is 0 Å². The molecule has 0 radical (unpaired) electrons. The van der Waals surface area contributed by atoms with E-state index in [2.05, 4.69) is 60.1 Å². The van der Waals surface area contributed by atoms with Gasteiger partial charge in [0.15, 0.2) is 0 Å². The molecular formula is C18H12S. The Hall–Kier alpha value is -2.22. The van der Waals surface area contributed by atoms with Gasteiger partial charge in [-0.1, -0.05) is 24.0 Å². The van der Waals surface area contributed by atoms with Gasteiger partial charge >= 0.3 is 0 Å². The summed E-state index contributed by atoms with van der Waals surface area (Å²) in [5.41, 5.74) is 2.16. The van der Waals surface area contributed by atoms with Crippen molar-refractivity contribution in [2.45, 2.75) is 13.8 Å². The highest BCUT2D eigenvalue weighted by Gasteiger charge is 2.05. The van der Waals surface area contributed by atoms with E-state index in [1.807, 2.05) is 13.8 Å². The van der Waals surface area contributed by atoms with Crippen LogP contribution in [-0.2, 0) is 0 Å². The number of fused-ring (bicyclic) bond motifs is 3. The van der Waals surface area contributed by atoms with Gasteiger partial charge in [0.25, 0.3) is 0 Å². The van der Waals surface area contributed by atoms with Crippen molar-refractivity contribution < 1.29 is 0 Å². The maximum atomic E-state index is 3.11. The summed E-state index contributed by atoms with van der Waals surface area (Å²) in [6.45, 7) is 3.73. The number of benzene rings is 2. The number of hydrogen-bond donors (Lipinski definition) is 0. The van der Waals surface area contributed by atoms with Gasteiger partial charge in [0.1, 0.15) is 0 Å². The lowest BCUT2D eigenvalue weighted by Crippen LogP contribution is -1.74. The average molecular weight is 260 g/mol. The Balaban J connectivity index is 2.29. The fraction of sp³-hybridized carbons (Fsp3) is 0.111. The molecule has 0 aliphatic heterocycles. The lowest BCUT2D eigenvalue weighted by molar-refractivity contribution is 1.73. The molecule has 1 aromatic heterocycles. The third kappa shape index (κ3) is 2.10. The first-order valence-electron chi connectivity index (χ1n) is 6.13. The number of hydrogen-bond acceptors (Lipinski definition) is 1. The summed E-state index contributed by atoms with van der Waals surface area (Å²) in [5, 5.41) is 2.61. The largest absolute Gasteiger partial charge is 0.135 e. The zero-order valence-electron chi connectivity index (χ0n) is 10.9. The molecule has 0 fully saturated rings. The van der Waals surface area contributed by atoms with E-state index in [-0.39, 0.29) is 0 Å². The van der Waals surface area contributed by atoms with Gasteiger partial charge in [0, 0.05) is 31.3 Å². The molecule has 1 heterocycles. The molecule has 0 nitrogen and oxygen atoms in total. The lowest BCUT2D eigenvalue weighted by atomic mass is 10.1. The summed E-state index contributed by atoms with van der Waals surface area (Å²) < 4.78 is 2.58. The van der Waals surface area contributed by atoms with E-state index in [1.54, 1.807) is 11.3 Å². The van der Waals surface area contributed by atoms with Gasteiger partial charge in [-0.15, -0.1) is 23.2 Å². The van der Waals surface area contributed by atoms with Gasteiger partial charge < -0.3 is 0 Å². The van der Waals surface area contributed by atoms with Crippen LogP contribution in [0.2, 0.25) is 0 Å². The normalized spacial score (nSPS) is 9.79. The SMILES string of the molecule is CC#Cc1ccc2c(c1)sc1cc(C#CC)ccc12. The van der Waals surface area contributed by atoms with Gasteiger partial charge in [-0.2, -0.15) is 0 Å². The molecule has 0 spiro atoms. The highest BCUT2D eigenvalue weighted by atomic mass is 32.1. The fourth-order valence-electron chi connectivity index (χ4n) is 2.22. The second kappa shape index (κ2) is 4.81. The smallest absolute Gasteiger partial charge is 0.0367 e. The van der Waals surface area contributed by atoms with Crippen LogP contribution in [0.1, 0.15) is 25.0 Å². The van der Waals surface area contributed by atoms with E-state index < -0.39 is 0 Å². The molecule has 0 unspecified atom stereocenters. The maximum Gasteiger partial charge on any atom is 0.0367 e. The first kappa shape index (κ1) is 11.8. The van der Waals surface area contributed by atoms with Crippen molar-refractivity contribution in [3.05, 3.63) is 47.5 Å². The molecule has 0 N–H and O–H groups in total. The first-order valence-corrected chi connectivity index (χ1v) is 6.95. The van der Waals surface area contributed by atoms with E-state index in [0.717, 1.165) is 11.1 Å². The molecule has 1 heteroatoms. The van der Waals surface area contributed by atoms with Crippen molar-refractivity contribution in [1.29, 1.82) is 0 Å². The minimum absolute atomic E-state index is 1.08. The summed E-state index contributed by atoms with van der Waals surface area (Å²) in [6, 6.07) is 12.8. The molecule has 3 aromatic rings. The molecule has 19 heavy (non-hydrogen) atoms. The Labute approximate surface area is 117 Å². The quantitative estimate of drug-likeness (QED) is 0.509. The van der Waals surface area contributed by atoms with Crippen LogP contribution in [0.15, 0.2) is 36.4 Å². The second-order valence-corrected chi connectivity index (χ2v) is 5.36. The Morgan fingerprint density at radius 2 is 1.21 bits per heavy atom. The molecule has 0 saturated carbocycles. The van der Waals surface area contributed by atoms with Crippen LogP contribution in [0.4, 0.5) is 0 Å². The Morgan fingerprint density at radius 1 is 0.737 bits per heavy atom. The molecule has 0 aliphatic rings. The number of rotatable bonds is 0. The lowest BCUT2D eigenvalue weighted by Gasteiger charge is -1.93. The molecule has 0 bridgehead atoms. The highest BCUT2D eigenvalue weighted by Crippen LogP contribution is 2.34. The van der Waals surface area contributed by atoms with Crippen molar-refractivity contribution in [2.75, 3.05) is 0 Å². The van der Waals surface area contributed by atoms with Gasteiger partial charge in [-0.3, -0.25) is 0 Å². The van der Waals surface area contributed by atoms with Crippen molar-refractivity contribution >= 4 is 31.5 Å². The monoisotopic (exact) mass is 260 g/mol. The fourth-order valence-corrected chi connectivity index (χ4v) is 3.41. The third-order valence-corrected chi connectivity index (χ3v) is 4.13. The maximum absolute atomic E-state index is 3.11. The summed E-state index contributed by atoms with van der Waals surface area (Å²) in [5.74, 6) is 12.1. The van der Waals surface area contributed by atoms with Crippen molar-refractivity contribution in [3.8, 4) is 23.7 Å². The summed E-state index contributed by atoms with van der Waals surface area (Å²) >= 11 is 1.81. The van der Waals surface area contributed by atoms with E-state index >= 15 is 0 Å². The summed E-state index contributed by atoms with van der Waals surface area (Å²) in [7, 11) is 0. The van der Waals surface area contributed by atoms with Crippen molar-refractivity contribution in [1.82, 2.24) is 0 Å². The van der Waals surface area contributed by atoms with Gasteiger partial charge in [-0.05, 0) is 38.1 Å². The molecule has 90 valence electrons. The van der Waals surface area contributed by atoms with Crippen LogP contribution in [0.5, 0.6) is 0 Å². The van der Waals surface area contributed by atoms with E-state index in [0.29, 0.717) is 0 Å². The van der Waals surface area contributed by atoms with Crippen molar-refractivity contribution in [2.24, 2.45) is 0 Å². The second-order valence-electron chi connectivity index (χ2n) is 4.27. The summed E-state index contributed by atoms with van der Waals surface area (Å²) in [6.07, 6.45) is 0. The van der Waals surface area contributed by atoms with Crippen LogP contribution >= 0.6 is 11.3 Å². The molecular weight excluding hydrogens is 248 g/mol.